The molecule has 0 fully saturated rings. The molecule has 0 spiro atoms. The van der Waals surface area contributed by atoms with Gasteiger partial charge in [-0.25, -0.2) is 9.97 Å². The first-order valence-electron chi connectivity index (χ1n) is 10.7. The van der Waals surface area contributed by atoms with Gasteiger partial charge in [-0.05, 0) is 63.5 Å². The molecule has 2 aromatic carbocycles. The van der Waals surface area contributed by atoms with Crippen LogP contribution in [0.5, 0.6) is 0 Å². The molecule has 2 heterocycles. The standard InChI is InChI=1S/C24H30N4/c1-3-15-27(16-4-2)17-9-10-18-28-22-14-8-5-11-19(22)23-24(28)26-21-13-7-6-12-20(21)25-23/h5-8,11-14H,3-4,9-10,15-18H2,1-2H3. The molecule has 0 aliphatic rings. The number of benzene rings is 2. The van der Waals surface area contributed by atoms with Crippen molar-refractivity contribution in [2.45, 2.75) is 46.1 Å². The molecule has 0 atom stereocenters. The topological polar surface area (TPSA) is 34.0 Å². The van der Waals surface area contributed by atoms with Crippen molar-refractivity contribution < 1.29 is 0 Å². The minimum atomic E-state index is 0.965. The van der Waals surface area contributed by atoms with Crippen LogP contribution in [-0.2, 0) is 6.54 Å². The molecule has 4 nitrogen and oxygen atoms in total. The second-order valence-corrected chi connectivity index (χ2v) is 7.60. The van der Waals surface area contributed by atoms with Crippen LogP contribution in [0.1, 0.15) is 39.5 Å². The highest BCUT2D eigenvalue weighted by Gasteiger charge is 2.14. The summed E-state index contributed by atoms with van der Waals surface area (Å²) in [6.07, 6.45) is 4.84. The zero-order valence-electron chi connectivity index (χ0n) is 17.1. The molecule has 0 aliphatic heterocycles. The summed E-state index contributed by atoms with van der Waals surface area (Å²) in [5.74, 6) is 0. The van der Waals surface area contributed by atoms with Crippen molar-refractivity contribution in [3.8, 4) is 0 Å². The number of unbranched alkanes of at least 4 members (excludes halogenated alkanes) is 1. The zero-order chi connectivity index (χ0) is 19.3. The van der Waals surface area contributed by atoms with Gasteiger partial charge in [0.15, 0.2) is 5.65 Å². The minimum absolute atomic E-state index is 0.965. The van der Waals surface area contributed by atoms with Crippen LogP contribution >= 0.6 is 0 Å². The Morgan fingerprint density at radius 1 is 0.786 bits per heavy atom. The molecule has 146 valence electrons. The number of para-hydroxylation sites is 3. The van der Waals surface area contributed by atoms with E-state index in [1.165, 1.54) is 49.8 Å². The Balaban J connectivity index is 1.61. The van der Waals surface area contributed by atoms with Gasteiger partial charge in [-0.15, -0.1) is 0 Å². The van der Waals surface area contributed by atoms with E-state index in [-0.39, 0.29) is 0 Å². The van der Waals surface area contributed by atoms with Gasteiger partial charge in [-0.2, -0.15) is 0 Å². The largest absolute Gasteiger partial charge is 0.324 e. The summed E-state index contributed by atoms with van der Waals surface area (Å²) < 4.78 is 2.37. The molecule has 0 bridgehead atoms. The molecule has 2 aromatic heterocycles. The van der Waals surface area contributed by atoms with Crippen molar-refractivity contribution in [1.82, 2.24) is 19.4 Å². The van der Waals surface area contributed by atoms with Crippen LogP contribution in [0.4, 0.5) is 0 Å². The molecule has 0 radical (unpaired) electrons. The molecular formula is C24H30N4. The first-order valence-corrected chi connectivity index (χ1v) is 10.7. The van der Waals surface area contributed by atoms with Gasteiger partial charge >= 0.3 is 0 Å². The fourth-order valence-corrected chi connectivity index (χ4v) is 4.18. The SMILES string of the molecule is CCCN(CCC)CCCCn1c2ccccc2c2nc3ccccc3nc21. The summed E-state index contributed by atoms with van der Waals surface area (Å²) in [5.41, 5.74) is 5.21. The lowest BCUT2D eigenvalue weighted by Crippen LogP contribution is -2.26. The Hall–Kier alpha value is -2.46. The van der Waals surface area contributed by atoms with Crippen molar-refractivity contribution in [2.24, 2.45) is 0 Å². The first-order chi connectivity index (χ1) is 13.8. The minimum Gasteiger partial charge on any atom is -0.324 e. The van der Waals surface area contributed by atoms with Crippen molar-refractivity contribution in [3.05, 3.63) is 48.5 Å². The Kier molecular flexibility index (Phi) is 5.87. The highest BCUT2D eigenvalue weighted by molar-refractivity contribution is 6.06. The van der Waals surface area contributed by atoms with Crippen LogP contribution in [-0.4, -0.2) is 39.1 Å². The number of fused-ring (bicyclic) bond motifs is 4. The molecular weight excluding hydrogens is 344 g/mol. The van der Waals surface area contributed by atoms with Gasteiger partial charge in [0, 0.05) is 11.9 Å². The lowest BCUT2D eigenvalue weighted by molar-refractivity contribution is 0.267. The summed E-state index contributed by atoms with van der Waals surface area (Å²) in [4.78, 5) is 12.5. The first kappa shape index (κ1) is 18.9. The predicted molar refractivity (Wildman–Crippen MR) is 119 cm³/mol. The summed E-state index contributed by atoms with van der Waals surface area (Å²) >= 11 is 0. The Morgan fingerprint density at radius 2 is 1.46 bits per heavy atom. The van der Waals surface area contributed by atoms with E-state index in [0.717, 1.165) is 35.2 Å². The quantitative estimate of drug-likeness (QED) is 0.356. The number of aryl methyl sites for hydroxylation is 1. The number of aromatic nitrogens is 3. The van der Waals surface area contributed by atoms with E-state index in [9.17, 15) is 0 Å². The molecule has 0 saturated carbocycles. The van der Waals surface area contributed by atoms with Gasteiger partial charge in [-0.1, -0.05) is 44.2 Å². The molecule has 4 rings (SSSR count). The number of nitrogens with zero attached hydrogens (tertiary/aromatic N) is 4. The summed E-state index contributed by atoms with van der Waals surface area (Å²) in [5, 5.41) is 1.20. The molecule has 0 N–H and O–H groups in total. The Labute approximate surface area is 167 Å². The zero-order valence-corrected chi connectivity index (χ0v) is 17.1. The normalized spacial score (nSPS) is 12.0. The van der Waals surface area contributed by atoms with Gasteiger partial charge in [0.25, 0.3) is 0 Å². The van der Waals surface area contributed by atoms with Gasteiger partial charge < -0.3 is 9.47 Å². The Morgan fingerprint density at radius 3 is 2.21 bits per heavy atom. The van der Waals surface area contributed by atoms with Crippen LogP contribution in [0.25, 0.3) is 33.1 Å². The van der Waals surface area contributed by atoms with E-state index >= 15 is 0 Å². The third-order valence-corrected chi connectivity index (χ3v) is 5.44. The van der Waals surface area contributed by atoms with Crippen LogP contribution in [0.2, 0.25) is 0 Å². The lowest BCUT2D eigenvalue weighted by Gasteiger charge is -2.20. The fraction of sp³-hybridized carbons (Fsp3) is 0.417. The van der Waals surface area contributed by atoms with Crippen LogP contribution in [0, 0.1) is 0 Å². The molecule has 0 aliphatic carbocycles. The third kappa shape index (κ3) is 3.74. The van der Waals surface area contributed by atoms with Crippen LogP contribution in [0.15, 0.2) is 48.5 Å². The van der Waals surface area contributed by atoms with Gasteiger partial charge in [0.2, 0.25) is 0 Å². The maximum absolute atomic E-state index is 4.98. The van der Waals surface area contributed by atoms with Gasteiger partial charge in [0.05, 0.1) is 16.6 Å². The van der Waals surface area contributed by atoms with E-state index in [2.05, 4.69) is 53.6 Å². The van der Waals surface area contributed by atoms with Crippen molar-refractivity contribution in [2.75, 3.05) is 19.6 Å². The molecule has 0 unspecified atom stereocenters. The third-order valence-electron chi connectivity index (χ3n) is 5.44. The predicted octanol–water partition coefficient (Wildman–Crippen LogP) is 5.64. The second-order valence-electron chi connectivity index (χ2n) is 7.60. The van der Waals surface area contributed by atoms with E-state index in [1.54, 1.807) is 0 Å². The number of rotatable bonds is 9. The molecule has 4 heteroatoms. The molecule has 0 amide bonds. The molecule has 4 aromatic rings. The van der Waals surface area contributed by atoms with Gasteiger partial charge in [0.1, 0.15) is 5.52 Å². The van der Waals surface area contributed by atoms with E-state index in [0.29, 0.717) is 0 Å². The highest BCUT2D eigenvalue weighted by Crippen LogP contribution is 2.28. The highest BCUT2D eigenvalue weighted by atomic mass is 15.1. The average molecular weight is 375 g/mol. The summed E-state index contributed by atoms with van der Waals surface area (Å²) in [6, 6.07) is 16.7. The van der Waals surface area contributed by atoms with Crippen molar-refractivity contribution >= 4 is 33.1 Å². The average Bonchev–Trinajstić information content (AvgIpc) is 3.03. The number of hydrogen-bond acceptors (Lipinski definition) is 3. The van der Waals surface area contributed by atoms with Crippen molar-refractivity contribution in [1.29, 1.82) is 0 Å². The molecule has 0 saturated heterocycles. The maximum Gasteiger partial charge on any atom is 0.160 e. The number of hydrogen-bond donors (Lipinski definition) is 0. The van der Waals surface area contributed by atoms with Crippen LogP contribution < -0.4 is 0 Å². The molecule has 28 heavy (non-hydrogen) atoms. The van der Waals surface area contributed by atoms with E-state index < -0.39 is 0 Å². The summed E-state index contributed by atoms with van der Waals surface area (Å²) in [7, 11) is 0. The fourth-order valence-electron chi connectivity index (χ4n) is 4.18. The van der Waals surface area contributed by atoms with E-state index in [1.807, 2.05) is 18.2 Å². The van der Waals surface area contributed by atoms with E-state index in [4.69, 9.17) is 9.97 Å². The lowest BCUT2D eigenvalue weighted by atomic mass is 10.2. The van der Waals surface area contributed by atoms with Gasteiger partial charge in [-0.3, -0.25) is 0 Å². The summed E-state index contributed by atoms with van der Waals surface area (Å²) in [6.45, 7) is 9.13. The van der Waals surface area contributed by atoms with Crippen LogP contribution in [0.3, 0.4) is 0 Å². The smallest absolute Gasteiger partial charge is 0.160 e. The monoisotopic (exact) mass is 374 g/mol. The maximum atomic E-state index is 4.98. The second kappa shape index (κ2) is 8.70. The Bertz CT molecular complexity index is 1060. The van der Waals surface area contributed by atoms with Crippen molar-refractivity contribution in [3.63, 3.8) is 0 Å².